The second kappa shape index (κ2) is 4.86. The molecule has 1 aromatic rings. The Balaban J connectivity index is 3.39. The fraction of sp³-hybridized carbons (Fsp3) is 0.333. The van der Waals surface area contributed by atoms with Crippen LogP contribution in [0.5, 0.6) is 0 Å². The van der Waals surface area contributed by atoms with E-state index in [9.17, 15) is 8.42 Å². The summed E-state index contributed by atoms with van der Waals surface area (Å²) in [5, 5.41) is 0. The van der Waals surface area contributed by atoms with E-state index in [-0.39, 0.29) is 15.6 Å². The Morgan fingerprint density at radius 3 is 2.75 bits per heavy atom. The lowest BCUT2D eigenvalue weighted by Gasteiger charge is -2.16. The number of aromatic nitrogens is 1. The average molecular weight is 259 g/mol. The van der Waals surface area contributed by atoms with Crippen LogP contribution in [0, 0.1) is 0 Å². The second-order valence-electron chi connectivity index (χ2n) is 3.13. The van der Waals surface area contributed by atoms with Crippen molar-refractivity contribution in [3.05, 3.63) is 24.0 Å². The molecule has 88 valence electrons. The van der Waals surface area contributed by atoms with Gasteiger partial charge in [-0.3, -0.25) is 4.98 Å². The summed E-state index contributed by atoms with van der Waals surface area (Å²) in [4.78, 5) is 3.91. The van der Waals surface area contributed by atoms with Crippen LogP contribution in [0.15, 0.2) is 23.2 Å². The normalized spacial score (nSPS) is 11.7. The molecule has 0 spiro atoms. The molecule has 0 radical (unpaired) electrons. The lowest BCUT2D eigenvalue weighted by molar-refractivity contribution is 0.486. The number of sulfonamides is 1. The van der Waals surface area contributed by atoms with Gasteiger partial charge in [-0.25, -0.2) is 12.7 Å². The van der Waals surface area contributed by atoms with Crippen LogP contribution in [0.2, 0.25) is 0 Å². The molecule has 0 bridgehead atoms. The van der Waals surface area contributed by atoms with Crippen LogP contribution in [0.4, 0.5) is 0 Å². The van der Waals surface area contributed by atoms with Gasteiger partial charge in [0.1, 0.15) is 15.6 Å². The zero-order valence-corrected chi connectivity index (χ0v) is 10.7. The monoisotopic (exact) mass is 259 g/mol. The van der Waals surface area contributed by atoms with Crippen LogP contribution < -0.4 is 5.73 Å². The summed E-state index contributed by atoms with van der Waals surface area (Å²) in [6, 6.07) is 2.99. The number of thiocarbonyl (C=S) groups is 1. The fourth-order valence-corrected chi connectivity index (χ4v) is 2.68. The lowest BCUT2D eigenvalue weighted by Crippen LogP contribution is -2.29. The SMILES string of the molecule is CCN(C)S(=O)(=O)c1cccnc1C(N)=S. The first-order chi connectivity index (χ1) is 7.41. The minimum atomic E-state index is -3.56. The van der Waals surface area contributed by atoms with Crippen LogP contribution in [-0.4, -0.2) is 36.3 Å². The van der Waals surface area contributed by atoms with E-state index in [1.807, 2.05) is 0 Å². The standard InChI is InChI=1S/C9H13N3O2S2/c1-3-12(2)16(13,14)7-5-4-6-11-8(7)9(10)15/h4-6H,3H2,1-2H3,(H2,10,15). The molecule has 0 aromatic carbocycles. The van der Waals surface area contributed by atoms with Gasteiger partial charge in [0.25, 0.3) is 0 Å². The smallest absolute Gasteiger partial charge is 0.245 e. The molecule has 0 atom stereocenters. The van der Waals surface area contributed by atoms with Gasteiger partial charge in [-0.15, -0.1) is 0 Å². The van der Waals surface area contributed by atoms with Crippen molar-refractivity contribution in [3.8, 4) is 0 Å². The molecular weight excluding hydrogens is 246 g/mol. The summed E-state index contributed by atoms with van der Waals surface area (Å²) >= 11 is 4.77. The summed E-state index contributed by atoms with van der Waals surface area (Å²) in [6.07, 6.45) is 1.46. The summed E-state index contributed by atoms with van der Waals surface area (Å²) in [5.74, 6) is 0. The Hall–Kier alpha value is -1.05. The van der Waals surface area contributed by atoms with Crippen molar-refractivity contribution in [1.29, 1.82) is 0 Å². The molecule has 5 nitrogen and oxygen atoms in total. The molecule has 0 saturated carbocycles. The highest BCUT2D eigenvalue weighted by molar-refractivity contribution is 7.89. The van der Waals surface area contributed by atoms with E-state index in [0.29, 0.717) is 6.54 Å². The fourth-order valence-electron chi connectivity index (χ4n) is 1.12. The van der Waals surface area contributed by atoms with Crippen molar-refractivity contribution in [2.24, 2.45) is 5.73 Å². The van der Waals surface area contributed by atoms with E-state index in [1.165, 1.54) is 29.7 Å². The summed E-state index contributed by atoms with van der Waals surface area (Å²) in [6.45, 7) is 2.11. The molecule has 1 aromatic heterocycles. The van der Waals surface area contributed by atoms with Gasteiger partial charge in [0.15, 0.2) is 0 Å². The molecule has 0 aliphatic carbocycles. The van der Waals surface area contributed by atoms with E-state index in [1.54, 1.807) is 6.92 Å². The Labute approximate surface area is 100 Å². The van der Waals surface area contributed by atoms with Crippen molar-refractivity contribution in [3.63, 3.8) is 0 Å². The third-order valence-corrected chi connectivity index (χ3v) is 4.30. The maximum Gasteiger partial charge on any atom is 0.245 e. The summed E-state index contributed by atoms with van der Waals surface area (Å²) in [7, 11) is -2.07. The van der Waals surface area contributed by atoms with Gasteiger partial charge >= 0.3 is 0 Å². The van der Waals surface area contributed by atoms with Crippen LogP contribution in [0.1, 0.15) is 12.6 Å². The Bertz CT molecular complexity index is 499. The molecular formula is C9H13N3O2S2. The predicted octanol–water partition coefficient (Wildman–Crippen LogP) is 0.356. The molecule has 0 unspecified atom stereocenters. The molecule has 2 N–H and O–H groups in total. The molecule has 16 heavy (non-hydrogen) atoms. The maximum absolute atomic E-state index is 12.1. The highest BCUT2D eigenvalue weighted by Gasteiger charge is 2.24. The predicted molar refractivity (Wildman–Crippen MR) is 65.6 cm³/mol. The Kier molecular flexibility index (Phi) is 3.95. The van der Waals surface area contributed by atoms with Gasteiger partial charge in [-0.2, -0.15) is 0 Å². The first kappa shape index (κ1) is 13.0. The molecule has 0 aliphatic heterocycles. The van der Waals surface area contributed by atoms with E-state index >= 15 is 0 Å². The number of rotatable bonds is 4. The first-order valence-corrected chi connectivity index (χ1v) is 6.47. The van der Waals surface area contributed by atoms with Gasteiger partial charge in [0.2, 0.25) is 10.0 Å². The van der Waals surface area contributed by atoms with E-state index < -0.39 is 10.0 Å². The molecule has 0 aliphatic rings. The van der Waals surface area contributed by atoms with Gasteiger partial charge < -0.3 is 5.73 Å². The topological polar surface area (TPSA) is 76.3 Å². The average Bonchev–Trinajstić information content (AvgIpc) is 2.27. The number of hydrogen-bond acceptors (Lipinski definition) is 4. The second-order valence-corrected chi connectivity index (χ2v) is 5.59. The third kappa shape index (κ3) is 2.37. The van der Waals surface area contributed by atoms with Crippen molar-refractivity contribution < 1.29 is 8.42 Å². The van der Waals surface area contributed by atoms with Crippen molar-refractivity contribution in [1.82, 2.24) is 9.29 Å². The zero-order valence-electron chi connectivity index (χ0n) is 9.04. The summed E-state index contributed by atoms with van der Waals surface area (Å²) < 4.78 is 25.3. The highest BCUT2D eigenvalue weighted by Crippen LogP contribution is 2.16. The van der Waals surface area contributed by atoms with Crippen molar-refractivity contribution in [2.75, 3.05) is 13.6 Å². The maximum atomic E-state index is 12.1. The highest BCUT2D eigenvalue weighted by atomic mass is 32.2. The Morgan fingerprint density at radius 2 is 2.25 bits per heavy atom. The number of nitrogens with zero attached hydrogens (tertiary/aromatic N) is 2. The van der Waals surface area contributed by atoms with Gasteiger partial charge in [-0.1, -0.05) is 19.1 Å². The minimum Gasteiger partial charge on any atom is -0.388 e. The van der Waals surface area contributed by atoms with Crippen LogP contribution in [-0.2, 0) is 10.0 Å². The third-order valence-electron chi connectivity index (χ3n) is 2.14. The quantitative estimate of drug-likeness (QED) is 0.790. The van der Waals surface area contributed by atoms with E-state index in [2.05, 4.69) is 4.98 Å². The Morgan fingerprint density at radius 1 is 1.62 bits per heavy atom. The molecule has 1 heterocycles. The lowest BCUT2D eigenvalue weighted by atomic mass is 10.3. The molecule has 7 heteroatoms. The van der Waals surface area contributed by atoms with Gasteiger partial charge in [0.05, 0.1) is 0 Å². The van der Waals surface area contributed by atoms with E-state index in [4.69, 9.17) is 18.0 Å². The van der Waals surface area contributed by atoms with Gasteiger partial charge in [0, 0.05) is 19.8 Å². The van der Waals surface area contributed by atoms with Gasteiger partial charge in [-0.05, 0) is 12.1 Å². The molecule has 1 rings (SSSR count). The molecule has 0 fully saturated rings. The van der Waals surface area contributed by atoms with Crippen LogP contribution in [0.3, 0.4) is 0 Å². The first-order valence-electron chi connectivity index (χ1n) is 4.62. The number of nitrogens with two attached hydrogens (primary N) is 1. The van der Waals surface area contributed by atoms with Crippen LogP contribution >= 0.6 is 12.2 Å². The minimum absolute atomic E-state index is 0.0244. The number of pyridine rings is 1. The zero-order chi connectivity index (χ0) is 12.3. The molecule has 0 saturated heterocycles. The largest absolute Gasteiger partial charge is 0.388 e. The number of hydrogen-bond donors (Lipinski definition) is 1. The van der Waals surface area contributed by atoms with Crippen LogP contribution in [0.25, 0.3) is 0 Å². The van der Waals surface area contributed by atoms with Crippen molar-refractivity contribution >= 4 is 27.2 Å². The molecule has 0 amide bonds. The summed E-state index contributed by atoms with van der Waals surface area (Å²) in [5.41, 5.74) is 5.58. The van der Waals surface area contributed by atoms with Crippen molar-refractivity contribution in [2.45, 2.75) is 11.8 Å². The van der Waals surface area contributed by atoms with E-state index in [0.717, 1.165) is 0 Å².